The first-order valence-corrected chi connectivity index (χ1v) is 6.78. The molecule has 0 radical (unpaired) electrons. The lowest BCUT2D eigenvalue weighted by atomic mass is 10.0. The number of nitrogens with two attached hydrogens (primary N) is 1. The molecule has 2 heterocycles. The maximum atomic E-state index is 11.8. The molecule has 1 aromatic heterocycles. The number of hydrogen-bond donors (Lipinski definition) is 2. The Hall–Kier alpha value is -1.63. The first-order valence-electron chi connectivity index (χ1n) is 6.78. The van der Waals surface area contributed by atoms with Gasteiger partial charge in [0.1, 0.15) is 5.69 Å². The van der Waals surface area contributed by atoms with Gasteiger partial charge < -0.3 is 11.1 Å². The number of amides is 1. The minimum atomic E-state index is -0.0935. The van der Waals surface area contributed by atoms with Crippen LogP contribution < -0.4 is 11.1 Å². The van der Waals surface area contributed by atoms with Gasteiger partial charge in [-0.1, -0.05) is 18.5 Å². The second-order valence-corrected chi connectivity index (χ2v) is 4.86. The minimum Gasteiger partial charge on any atom is -0.379 e. The number of likely N-dealkylation sites (tertiary alicyclic amines) is 1. The number of nitrogens with one attached hydrogen (secondary N) is 1. The molecule has 1 saturated heterocycles. The highest BCUT2D eigenvalue weighted by atomic mass is 16.6. The predicted octanol–water partition coefficient (Wildman–Crippen LogP) is 0.185. The fourth-order valence-electron chi connectivity index (χ4n) is 2.49. The van der Waals surface area contributed by atoms with Gasteiger partial charge in [0.15, 0.2) is 5.82 Å². The molecule has 106 valence electrons. The molecular formula is C12H21N5O2. The first-order chi connectivity index (χ1) is 9.20. The highest BCUT2D eigenvalue weighted by Crippen LogP contribution is 2.15. The highest BCUT2D eigenvalue weighted by Gasteiger charge is 2.21. The summed E-state index contributed by atoms with van der Waals surface area (Å²) >= 11 is 0. The third-order valence-corrected chi connectivity index (χ3v) is 3.60. The van der Waals surface area contributed by atoms with Crippen LogP contribution in [0.5, 0.6) is 0 Å². The molecule has 1 aliphatic heterocycles. The molecule has 0 unspecified atom stereocenters. The van der Waals surface area contributed by atoms with Crippen molar-refractivity contribution in [3.63, 3.8) is 0 Å². The summed E-state index contributed by atoms with van der Waals surface area (Å²) in [6.45, 7) is 4.98. The van der Waals surface area contributed by atoms with Crippen molar-refractivity contribution >= 4 is 11.7 Å². The lowest BCUT2D eigenvalue weighted by Gasteiger charge is -2.34. The van der Waals surface area contributed by atoms with Crippen LogP contribution in [0.3, 0.4) is 0 Å². The SMILES string of the molecule is CCN1CCCC[C@H]1CNC(=O)Cc1nonc1N. The van der Waals surface area contributed by atoms with E-state index in [4.69, 9.17) is 5.73 Å². The van der Waals surface area contributed by atoms with Crippen molar-refractivity contribution in [1.82, 2.24) is 20.5 Å². The van der Waals surface area contributed by atoms with Gasteiger partial charge in [0.05, 0.1) is 6.42 Å². The van der Waals surface area contributed by atoms with Crippen molar-refractivity contribution in [3.05, 3.63) is 5.69 Å². The van der Waals surface area contributed by atoms with Crippen LogP contribution in [0.25, 0.3) is 0 Å². The average molecular weight is 267 g/mol. The number of piperidine rings is 1. The number of likely N-dealkylation sites (N-methyl/N-ethyl adjacent to an activating group) is 1. The van der Waals surface area contributed by atoms with Gasteiger partial charge in [-0.2, -0.15) is 0 Å². The van der Waals surface area contributed by atoms with Crippen LogP contribution in [-0.4, -0.2) is 46.8 Å². The topological polar surface area (TPSA) is 97.3 Å². The Bertz CT molecular complexity index is 420. The zero-order chi connectivity index (χ0) is 13.7. The molecule has 19 heavy (non-hydrogen) atoms. The number of aromatic nitrogens is 2. The molecule has 0 spiro atoms. The second-order valence-electron chi connectivity index (χ2n) is 4.86. The normalized spacial score (nSPS) is 20.4. The summed E-state index contributed by atoms with van der Waals surface area (Å²) in [5, 5.41) is 9.98. The number of nitrogen functional groups attached to an aromatic ring is 1. The van der Waals surface area contributed by atoms with Crippen molar-refractivity contribution < 1.29 is 9.42 Å². The van der Waals surface area contributed by atoms with Gasteiger partial charge in [0.25, 0.3) is 0 Å². The van der Waals surface area contributed by atoms with Gasteiger partial charge in [-0.25, -0.2) is 4.63 Å². The van der Waals surface area contributed by atoms with Crippen LogP contribution in [0.15, 0.2) is 4.63 Å². The predicted molar refractivity (Wildman–Crippen MR) is 70.3 cm³/mol. The lowest BCUT2D eigenvalue weighted by Crippen LogP contribution is -2.46. The Morgan fingerprint density at radius 2 is 2.37 bits per heavy atom. The van der Waals surface area contributed by atoms with Crippen molar-refractivity contribution in [2.45, 2.75) is 38.6 Å². The molecule has 3 N–H and O–H groups in total. The van der Waals surface area contributed by atoms with Crippen molar-refractivity contribution in [2.24, 2.45) is 0 Å². The molecule has 1 aliphatic rings. The largest absolute Gasteiger partial charge is 0.379 e. The second kappa shape index (κ2) is 6.51. The summed E-state index contributed by atoms with van der Waals surface area (Å²) in [5.41, 5.74) is 5.91. The van der Waals surface area contributed by atoms with Crippen LogP contribution in [0, 0.1) is 0 Å². The Kier molecular flexibility index (Phi) is 4.73. The van der Waals surface area contributed by atoms with Crippen LogP contribution >= 0.6 is 0 Å². The zero-order valence-corrected chi connectivity index (χ0v) is 11.3. The number of nitrogens with zero attached hydrogens (tertiary/aromatic N) is 3. The van der Waals surface area contributed by atoms with Crippen LogP contribution in [0.4, 0.5) is 5.82 Å². The molecule has 2 rings (SSSR count). The fourth-order valence-corrected chi connectivity index (χ4v) is 2.49. The maximum absolute atomic E-state index is 11.8. The molecule has 0 aliphatic carbocycles. The number of carbonyl (C=O) groups is 1. The number of rotatable bonds is 5. The third kappa shape index (κ3) is 3.66. The van der Waals surface area contributed by atoms with Crippen LogP contribution in [0.2, 0.25) is 0 Å². The standard InChI is InChI=1S/C12H21N5O2/c1-2-17-6-4-3-5-9(17)8-14-11(18)7-10-12(13)16-19-15-10/h9H,2-8H2,1H3,(H2,13,16)(H,14,18)/t9-/m0/s1. The molecule has 0 saturated carbocycles. The molecule has 1 atom stereocenters. The van der Waals surface area contributed by atoms with E-state index in [1.54, 1.807) is 0 Å². The summed E-state index contributed by atoms with van der Waals surface area (Å²) in [6.07, 6.45) is 3.74. The van der Waals surface area contributed by atoms with Crippen molar-refractivity contribution in [2.75, 3.05) is 25.4 Å². The van der Waals surface area contributed by atoms with E-state index in [0.717, 1.165) is 19.5 Å². The molecule has 0 aromatic carbocycles. The van der Waals surface area contributed by atoms with E-state index in [1.807, 2.05) is 0 Å². The molecule has 0 bridgehead atoms. The summed E-state index contributed by atoms with van der Waals surface area (Å²) in [7, 11) is 0. The smallest absolute Gasteiger partial charge is 0.226 e. The van der Waals surface area contributed by atoms with E-state index in [0.29, 0.717) is 18.3 Å². The molecule has 1 fully saturated rings. The van der Waals surface area contributed by atoms with E-state index in [1.165, 1.54) is 12.8 Å². The van der Waals surface area contributed by atoms with Gasteiger partial charge in [0, 0.05) is 12.6 Å². The minimum absolute atomic E-state index is 0.0935. The molecular weight excluding hydrogens is 246 g/mol. The Labute approximate surface area is 112 Å². The summed E-state index contributed by atoms with van der Waals surface area (Å²) in [6, 6.07) is 0.440. The lowest BCUT2D eigenvalue weighted by molar-refractivity contribution is -0.120. The molecule has 7 heteroatoms. The summed E-state index contributed by atoms with van der Waals surface area (Å²) in [5.74, 6) is 0.0898. The van der Waals surface area contributed by atoms with Crippen LogP contribution in [0.1, 0.15) is 31.9 Å². The van der Waals surface area contributed by atoms with Gasteiger partial charge >= 0.3 is 0 Å². The molecule has 1 amide bonds. The number of carbonyl (C=O) groups excluding carboxylic acids is 1. The quantitative estimate of drug-likeness (QED) is 0.790. The average Bonchev–Trinajstić information content (AvgIpc) is 2.82. The maximum Gasteiger partial charge on any atom is 0.226 e. The van der Waals surface area contributed by atoms with E-state index < -0.39 is 0 Å². The number of hydrogen-bond acceptors (Lipinski definition) is 6. The van der Waals surface area contributed by atoms with Gasteiger partial charge in [-0.05, 0) is 31.1 Å². The van der Waals surface area contributed by atoms with Crippen LogP contribution in [-0.2, 0) is 11.2 Å². The van der Waals surface area contributed by atoms with E-state index in [9.17, 15) is 4.79 Å². The summed E-state index contributed by atoms with van der Waals surface area (Å²) in [4.78, 5) is 14.2. The highest BCUT2D eigenvalue weighted by molar-refractivity contribution is 5.79. The Morgan fingerprint density at radius 1 is 1.53 bits per heavy atom. The fraction of sp³-hybridized carbons (Fsp3) is 0.750. The summed E-state index contributed by atoms with van der Waals surface area (Å²) < 4.78 is 4.46. The third-order valence-electron chi connectivity index (χ3n) is 3.60. The Morgan fingerprint density at radius 3 is 3.05 bits per heavy atom. The number of anilines is 1. The van der Waals surface area contributed by atoms with Crippen molar-refractivity contribution in [1.29, 1.82) is 0 Å². The van der Waals surface area contributed by atoms with E-state index >= 15 is 0 Å². The molecule has 1 aromatic rings. The first kappa shape index (κ1) is 13.8. The van der Waals surface area contributed by atoms with Crippen molar-refractivity contribution in [3.8, 4) is 0 Å². The van der Waals surface area contributed by atoms with E-state index in [2.05, 4.69) is 32.1 Å². The van der Waals surface area contributed by atoms with Gasteiger partial charge in [-0.3, -0.25) is 9.69 Å². The van der Waals surface area contributed by atoms with Gasteiger partial charge in [0.2, 0.25) is 5.91 Å². The zero-order valence-electron chi connectivity index (χ0n) is 11.3. The Balaban J connectivity index is 1.78. The van der Waals surface area contributed by atoms with E-state index in [-0.39, 0.29) is 18.1 Å². The monoisotopic (exact) mass is 267 g/mol. The van der Waals surface area contributed by atoms with Gasteiger partial charge in [-0.15, -0.1) is 0 Å². The molecule has 7 nitrogen and oxygen atoms in total.